The predicted molar refractivity (Wildman–Crippen MR) is 68.5 cm³/mol. The van der Waals surface area contributed by atoms with Gasteiger partial charge in [0, 0.05) is 11.6 Å². The molecule has 0 aliphatic heterocycles. The fraction of sp³-hybridized carbons (Fsp3) is 0.571. The van der Waals surface area contributed by atoms with Crippen LogP contribution in [0.5, 0.6) is 11.5 Å². The van der Waals surface area contributed by atoms with Crippen LogP contribution in [0.1, 0.15) is 32.3 Å². The molecule has 0 saturated heterocycles. The molecule has 1 aromatic carbocycles. The van der Waals surface area contributed by atoms with Gasteiger partial charge in [-0.2, -0.15) is 0 Å². The molecule has 3 nitrogen and oxygen atoms in total. The Morgan fingerprint density at radius 2 is 2.06 bits per heavy atom. The van der Waals surface area contributed by atoms with E-state index in [1.165, 1.54) is 0 Å². The lowest BCUT2D eigenvalue weighted by atomic mass is 10.1. The minimum absolute atomic E-state index is 0.0104. The molecule has 0 aromatic heterocycles. The molecule has 17 heavy (non-hydrogen) atoms. The number of hydrogen-bond acceptors (Lipinski definition) is 3. The molecule has 3 heteroatoms. The first-order valence-corrected chi connectivity index (χ1v) is 6.08. The highest BCUT2D eigenvalue weighted by atomic mass is 16.5. The van der Waals surface area contributed by atoms with E-state index < -0.39 is 0 Å². The summed E-state index contributed by atoms with van der Waals surface area (Å²) in [5.41, 5.74) is 0.801. The van der Waals surface area contributed by atoms with E-state index in [4.69, 9.17) is 9.47 Å². The van der Waals surface area contributed by atoms with Gasteiger partial charge in [0.2, 0.25) is 0 Å². The first-order valence-electron chi connectivity index (χ1n) is 6.08. The average Bonchev–Trinajstić information content (AvgIpc) is 2.34. The predicted octanol–water partition coefficient (Wildman–Crippen LogP) is 3.00. The van der Waals surface area contributed by atoms with Gasteiger partial charge in [-0.15, -0.1) is 0 Å². The first kappa shape index (κ1) is 13.8. The molecular formula is C14H22O3. The maximum Gasteiger partial charge on any atom is 0.128 e. The van der Waals surface area contributed by atoms with Crippen LogP contribution in [0.2, 0.25) is 0 Å². The molecule has 0 radical (unpaired) electrons. The van der Waals surface area contributed by atoms with Crippen molar-refractivity contribution < 1.29 is 14.6 Å². The number of ether oxygens (including phenoxy) is 2. The molecule has 0 atom stereocenters. The maximum atomic E-state index is 9.21. The maximum absolute atomic E-state index is 9.21. The SMILES string of the molecule is COc1ccc(CO)c(OCCCC(C)C)c1. The van der Waals surface area contributed by atoms with E-state index in [0.29, 0.717) is 12.5 Å². The smallest absolute Gasteiger partial charge is 0.128 e. The first-order chi connectivity index (χ1) is 8.17. The summed E-state index contributed by atoms with van der Waals surface area (Å²) in [6, 6.07) is 5.48. The van der Waals surface area contributed by atoms with Crippen molar-refractivity contribution in [3.8, 4) is 11.5 Å². The van der Waals surface area contributed by atoms with Crippen LogP contribution in [-0.4, -0.2) is 18.8 Å². The Morgan fingerprint density at radius 3 is 2.65 bits per heavy atom. The van der Waals surface area contributed by atoms with Crippen molar-refractivity contribution in [1.29, 1.82) is 0 Å². The second-order valence-corrected chi connectivity index (χ2v) is 4.52. The molecule has 0 fully saturated rings. The van der Waals surface area contributed by atoms with Crippen LogP contribution < -0.4 is 9.47 Å². The van der Waals surface area contributed by atoms with Crippen LogP contribution in [0.15, 0.2) is 18.2 Å². The van der Waals surface area contributed by atoms with Crippen molar-refractivity contribution in [3.05, 3.63) is 23.8 Å². The molecule has 0 spiro atoms. The van der Waals surface area contributed by atoms with Crippen molar-refractivity contribution in [2.24, 2.45) is 5.92 Å². The quantitative estimate of drug-likeness (QED) is 0.742. The topological polar surface area (TPSA) is 38.7 Å². The van der Waals surface area contributed by atoms with Gasteiger partial charge in [-0.3, -0.25) is 0 Å². The highest BCUT2D eigenvalue weighted by molar-refractivity contribution is 5.40. The molecule has 96 valence electrons. The van der Waals surface area contributed by atoms with Crippen LogP contribution in [0, 0.1) is 5.92 Å². The normalized spacial score (nSPS) is 10.6. The van der Waals surface area contributed by atoms with Gasteiger partial charge in [-0.1, -0.05) is 13.8 Å². The van der Waals surface area contributed by atoms with Crippen LogP contribution in [0.25, 0.3) is 0 Å². The Hall–Kier alpha value is -1.22. The molecule has 0 amide bonds. The summed E-state index contributed by atoms with van der Waals surface area (Å²) in [6.07, 6.45) is 2.18. The zero-order valence-corrected chi connectivity index (χ0v) is 10.9. The number of aliphatic hydroxyl groups is 1. The van der Waals surface area contributed by atoms with Crippen molar-refractivity contribution in [3.63, 3.8) is 0 Å². The molecule has 0 saturated carbocycles. The molecule has 0 bridgehead atoms. The summed E-state index contributed by atoms with van der Waals surface area (Å²) >= 11 is 0. The summed E-state index contributed by atoms with van der Waals surface area (Å²) in [4.78, 5) is 0. The average molecular weight is 238 g/mol. The lowest BCUT2D eigenvalue weighted by molar-refractivity contribution is 0.257. The molecule has 0 unspecified atom stereocenters. The fourth-order valence-corrected chi connectivity index (χ4v) is 1.60. The van der Waals surface area contributed by atoms with Gasteiger partial charge >= 0.3 is 0 Å². The standard InChI is InChI=1S/C14H22O3/c1-11(2)5-4-8-17-14-9-13(16-3)7-6-12(14)10-15/h6-7,9,11,15H,4-5,8,10H2,1-3H3. The number of rotatable bonds is 7. The van der Waals surface area contributed by atoms with Crippen LogP contribution >= 0.6 is 0 Å². The molecule has 0 heterocycles. The van der Waals surface area contributed by atoms with Crippen LogP contribution in [0.3, 0.4) is 0 Å². The van der Waals surface area contributed by atoms with E-state index in [1.54, 1.807) is 7.11 Å². The minimum Gasteiger partial charge on any atom is -0.497 e. The number of benzene rings is 1. The Labute approximate surface area is 103 Å². The fourth-order valence-electron chi connectivity index (χ4n) is 1.60. The van der Waals surface area contributed by atoms with E-state index in [-0.39, 0.29) is 6.61 Å². The molecule has 0 aliphatic carbocycles. The lowest BCUT2D eigenvalue weighted by Crippen LogP contribution is -2.02. The second-order valence-electron chi connectivity index (χ2n) is 4.52. The van der Waals surface area contributed by atoms with Gasteiger partial charge in [0.05, 0.1) is 20.3 Å². The third-order valence-corrected chi connectivity index (χ3v) is 2.63. The van der Waals surface area contributed by atoms with Gasteiger partial charge in [0.25, 0.3) is 0 Å². The zero-order valence-electron chi connectivity index (χ0n) is 10.9. The second kappa shape index (κ2) is 7.17. The van der Waals surface area contributed by atoms with E-state index in [1.807, 2.05) is 18.2 Å². The Balaban J connectivity index is 2.55. The summed E-state index contributed by atoms with van der Waals surface area (Å²) < 4.78 is 10.8. The Bertz CT molecular complexity index is 334. The highest BCUT2D eigenvalue weighted by Gasteiger charge is 2.05. The van der Waals surface area contributed by atoms with Gasteiger partial charge < -0.3 is 14.6 Å². The largest absolute Gasteiger partial charge is 0.497 e. The third-order valence-electron chi connectivity index (χ3n) is 2.63. The van der Waals surface area contributed by atoms with Gasteiger partial charge in [0.15, 0.2) is 0 Å². The lowest BCUT2D eigenvalue weighted by Gasteiger charge is -2.12. The van der Waals surface area contributed by atoms with Gasteiger partial charge in [-0.05, 0) is 30.9 Å². The Morgan fingerprint density at radius 1 is 1.29 bits per heavy atom. The van der Waals surface area contributed by atoms with E-state index >= 15 is 0 Å². The van der Waals surface area contributed by atoms with Crippen molar-refractivity contribution in [2.45, 2.75) is 33.3 Å². The summed E-state index contributed by atoms with van der Waals surface area (Å²) in [5, 5.41) is 9.21. The Kier molecular flexibility index (Phi) is 5.84. The number of methoxy groups -OCH3 is 1. The molecule has 1 aromatic rings. The number of aliphatic hydroxyl groups excluding tert-OH is 1. The molecule has 0 aliphatic rings. The number of hydrogen-bond donors (Lipinski definition) is 1. The van der Waals surface area contributed by atoms with Gasteiger partial charge in [0.1, 0.15) is 11.5 Å². The molecule has 1 N–H and O–H groups in total. The summed E-state index contributed by atoms with van der Waals surface area (Å²) in [6.45, 7) is 5.07. The third kappa shape index (κ3) is 4.65. The highest BCUT2D eigenvalue weighted by Crippen LogP contribution is 2.25. The van der Waals surface area contributed by atoms with E-state index in [9.17, 15) is 5.11 Å². The van der Waals surface area contributed by atoms with Crippen molar-refractivity contribution in [2.75, 3.05) is 13.7 Å². The van der Waals surface area contributed by atoms with E-state index in [0.717, 1.165) is 29.9 Å². The zero-order chi connectivity index (χ0) is 12.7. The summed E-state index contributed by atoms with van der Waals surface area (Å²) in [7, 11) is 1.62. The van der Waals surface area contributed by atoms with E-state index in [2.05, 4.69) is 13.8 Å². The van der Waals surface area contributed by atoms with Crippen molar-refractivity contribution >= 4 is 0 Å². The van der Waals surface area contributed by atoms with Crippen LogP contribution in [0.4, 0.5) is 0 Å². The molecular weight excluding hydrogens is 216 g/mol. The minimum atomic E-state index is -0.0104. The monoisotopic (exact) mass is 238 g/mol. The molecule has 1 rings (SSSR count). The summed E-state index contributed by atoms with van der Waals surface area (Å²) in [5.74, 6) is 2.16. The van der Waals surface area contributed by atoms with Crippen LogP contribution in [-0.2, 0) is 6.61 Å². The van der Waals surface area contributed by atoms with Gasteiger partial charge in [-0.25, -0.2) is 0 Å². The van der Waals surface area contributed by atoms with Crippen molar-refractivity contribution in [1.82, 2.24) is 0 Å².